The van der Waals surface area contributed by atoms with E-state index < -0.39 is 0 Å². The molecule has 128 valence electrons. The Bertz CT molecular complexity index is 886. The van der Waals surface area contributed by atoms with Crippen LogP contribution in [-0.2, 0) is 6.42 Å². The van der Waals surface area contributed by atoms with Crippen molar-refractivity contribution in [1.29, 1.82) is 0 Å². The SMILES string of the molecule is O=C(NC12CC(CO)(C1)C2)c1nn(-c2cnccn2)c2c1C[C@@H]1C[C@H]21. The maximum atomic E-state index is 12.9. The van der Waals surface area contributed by atoms with Gasteiger partial charge < -0.3 is 10.4 Å². The second-order valence-electron chi connectivity index (χ2n) is 8.42. The van der Waals surface area contributed by atoms with Gasteiger partial charge in [-0.1, -0.05) is 0 Å². The third kappa shape index (κ3) is 1.74. The van der Waals surface area contributed by atoms with Crippen molar-refractivity contribution in [3.8, 4) is 5.82 Å². The molecule has 0 aliphatic heterocycles. The molecule has 4 fully saturated rings. The molecule has 7 heteroatoms. The van der Waals surface area contributed by atoms with E-state index in [1.54, 1.807) is 18.6 Å². The fraction of sp³-hybridized carbons (Fsp3) is 0.556. The van der Waals surface area contributed by atoms with E-state index >= 15 is 0 Å². The predicted octanol–water partition coefficient (Wildman–Crippen LogP) is 0.967. The van der Waals surface area contributed by atoms with Crippen LogP contribution in [0.15, 0.2) is 18.6 Å². The summed E-state index contributed by atoms with van der Waals surface area (Å²) in [4.78, 5) is 21.4. The van der Waals surface area contributed by atoms with Gasteiger partial charge in [0.1, 0.15) is 0 Å². The number of hydrogen-bond acceptors (Lipinski definition) is 5. The van der Waals surface area contributed by atoms with Crippen LogP contribution in [0.25, 0.3) is 5.82 Å². The fourth-order valence-electron chi connectivity index (χ4n) is 5.47. The number of fused-ring (bicyclic) bond motifs is 3. The van der Waals surface area contributed by atoms with Crippen LogP contribution in [0.3, 0.4) is 0 Å². The first-order valence-electron chi connectivity index (χ1n) is 8.94. The molecule has 0 unspecified atom stereocenters. The lowest BCUT2D eigenvalue weighted by Gasteiger charge is -2.70. The van der Waals surface area contributed by atoms with Gasteiger partial charge in [0.2, 0.25) is 0 Å². The molecule has 2 bridgehead atoms. The molecule has 2 atom stereocenters. The minimum absolute atomic E-state index is 0.0774. The van der Waals surface area contributed by atoms with Gasteiger partial charge in [-0.2, -0.15) is 5.10 Å². The molecule has 2 aromatic rings. The average Bonchev–Trinajstić information content (AvgIpc) is 3.06. The van der Waals surface area contributed by atoms with Gasteiger partial charge >= 0.3 is 0 Å². The molecule has 0 spiro atoms. The molecule has 7 nitrogen and oxygen atoms in total. The molecule has 2 aromatic heterocycles. The maximum Gasteiger partial charge on any atom is 0.272 e. The van der Waals surface area contributed by atoms with E-state index in [1.807, 2.05) is 4.68 Å². The van der Waals surface area contributed by atoms with Crippen LogP contribution in [0.2, 0.25) is 0 Å². The Morgan fingerprint density at radius 3 is 2.92 bits per heavy atom. The molecule has 1 amide bonds. The second kappa shape index (κ2) is 4.27. The first kappa shape index (κ1) is 13.9. The van der Waals surface area contributed by atoms with E-state index in [9.17, 15) is 9.90 Å². The molecule has 0 radical (unpaired) electrons. The Labute approximate surface area is 144 Å². The number of rotatable bonds is 4. The molecule has 5 aliphatic rings. The minimum Gasteiger partial charge on any atom is -0.396 e. The van der Waals surface area contributed by atoms with Crippen LogP contribution in [0.4, 0.5) is 0 Å². The number of carbonyl (C=O) groups is 1. The lowest BCUT2D eigenvalue weighted by molar-refractivity contribution is -0.172. The number of aliphatic hydroxyl groups excluding tert-OH is 1. The molecule has 2 heterocycles. The summed E-state index contributed by atoms with van der Waals surface area (Å²) >= 11 is 0. The number of amides is 1. The predicted molar refractivity (Wildman–Crippen MR) is 87.3 cm³/mol. The van der Waals surface area contributed by atoms with E-state index in [2.05, 4.69) is 20.4 Å². The highest BCUT2D eigenvalue weighted by Gasteiger charge is 2.68. The minimum atomic E-state index is -0.107. The van der Waals surface area contributed by atoms with Crippen LogP contribution in [0.1, 0.15) is 53.3 Å². The first-order chi connectivity index (χ1) is 12.1. The van der Waals surface area contributed by atoms with Crippen LogP contribution < -0.4 is 5.32 Å². The molecule has 0 aromatic carbocycles. The normalized spacial score (nSPS) is 36.0. The second-order valence-corrected chi connectivity index (χ2v) is 8.42. The molecule has 7 rings (SSSR count). The Kier molecular flexibility index (Phi) is 2.38. The molecule has 5 aliphatic carbocycles. The quantitative estimate of drug-likeness (QED) is 0.867. The molecule has 0 saturated heterocycles. The topological polar surface area (TPSA) is 92.9 Å². The number of nitrogens with zero attached hydrogens (tertiary/aromatic N) is 4. The number of carbonyl (C=O) groups excluding carboxylic acids is 1. The van der Waals surface area contributed by atoms with Crippen LogP contribution in [0, 0.1) is 11.3 Å². The molecule has 25 heavy (non-hydrogen) atoms. The number of nitrogens with one attached hydrogen (secondary N) is 1. The summed E-state index contributed by atoms with van der Waals surface area (Å²) in [6, 6.07) is 0. The summed E-state index contributed by atoms with van der Waals surface area (Å²) in [5.41, 5.74) is 2.77. The van der Waals surface area contributed by atoms with Crippen molar-refractivity contribution in [2.24, 2.45) is 11.3 Å². The third-order valence-corrected chi connectivity index (χ3v) is 6.60. The van der Waals surface area contributed by atoms with Gasteiger partial charge in [-0.15, -0.1) is 0 Å². The van der Waals surface area contributed by atoms with Crippen molar-refractivity contribution >= 4 is 5.91 Å². The smallest absolute Gasteiger partial charge is 0.272 e. The van der Waals surface area contributed by atoms with Crippen LogP contribution in [0.5, 0.6) is 0 Å². The monoisotopic (exact) mass is 337 g/mol. The summed E-state index contributed by atoms with van der Waals surface area (Å²) in [7, 11) is 0. The highest BCUT2D eigenvalue weighted by atomic mass is 16.3. The van der Waals surface area contributed by atoms with E-state index in [4.69, 9.17) is 0 Å². The van der Waals surface area contributed by atoms with Crippen molar-refractivity contribution in [3.63, 3.8) is 0 Å². The molecular formula is C18H19N5O2. The summed E-state index contributed by atoms with van der Waals surface area (Å²) in [5, 5.41) is 17.2. The Hall–Kier alpha value is -2.28. The Morgan fingerprint density at radius 2 is 2.20 bits per heavy atom. The van der Waals surface area contributed by atoms with Gasteiger partial charge in [0.05, 0.1) is 11.9 Å². The van der Waals surface area contributed by atoms with E-state index in [0.29, 0.717) is 23.3 Å². The van der Waals surface area contributed by atoms with Crippen molar-refractivity contribution in [3.05, 3.63) is 35.5 Å². The Balaban J connectivity index is 1.34. The van der Waals surface area contributed by atoms with Crippen molar-refractivity contribution in [1.82, 2.24) is 25.1 Å². The number of aliphatic hydroxyl groups is 1. The lowest BCUT2D eigenvalue weighted by Crippen LogP contribution is -2.75. The summed E-state index contributed by atoms with van der Waals surface area (Å²) in [6.45, 7) is 0.227. The fourth-order valence-corrected chi connectivity index (χ4v) is 5.47. The van der Waals surface area contributed by atoms with E-state index in [0.717, 1.165) is 36.9 Å². The summed E-state index contributed by atoms with van der Waals surface area (Å²) in [5.74, 6) is 1.77. The van der Waals surface area contributed by atoms with E-state index in [-0.39, 0.29) is 23.5 Å². The van der Waals surface area contributed by atoms with Gasteiger partial charge in [-0.25, -0.2) is 9.67 Å². The van der Waals surface area contributed by atoms with E-state index in [1.165, 1.54) is 6.42 Å². The standard InChI is InChI=1S/C18H19N5O2/c24-9-17-6-18(7-17,8-17)21-16(25)14-12-4-10-3-11(10)15(12)23(22-14)13-5-19-1-2-20-13/h1-2,5,10-11,24H,3-4,6-9H2,(H,21,25)/t10-,11-,17?,18?/m0/s1. The van der Waals surface area contributed by atoms with Gasteiger partial charge in [0.25, 0.3) is 5.91 Å². The highest BCUT2D eigenvalue weighted by molar-refractivity contribution is 5.95. The zero-order valence-electron chi connectivity index (χ0n) is 13.8. The zero-order valence-corrected chi connectivity index (χ0v) is 13.8. The summed E-state index contributed by atoms with van der Waals surface area (Å²) in [6.07, 6.45) is 9.78. The zero-order chi connectivity index (χ0) is 16.8. The van der Waals surface area contributed by atoms with Crippen molar-refractivity contribution in [2.75, 3.05) is 6.61 Å². The van der Waals surface area contributed by atoms with Gasteiger partial charge in [-0.3, -0.25) is 9.78 Å². The molecule has 2 N–H and O–H groups in total. The van der Waals surface area contributed by atoms with Crippen LogP contribution in [-0.4, -0.2) is 42.9 Å². The molecule has 4 saturated carbocycles. The van der Waals surface area contributed by atoms with Gasteiger partial charge in [-0.05, 0) is 38.0 Å². The average molecular weight is 337 g/mol. The van der Waals surface area contributed by atoms with Crippen molar-refractivity contribution < 1.29 is 9.90 Å². The van der Waals surface area contributed by atoms with Gasteiger partial charge in [0, 0.05) is 41.4 Å². The first-order valence-corrected chi connectivity index (χ1v) is 8.94. The van der Waals surface area contributed by atoms with Gasteiger partial charge in [0.15, 0.2) is 11.5 Å². The van der Waals surface area contributed by atoms with Crippen molar-refractivity contribution in [2.45, 2.75) is 43.6 Å². The van der Waals surface area contributed by atoms with Crippen LogP contribution >= 0.6 is 0 Å². The number of aromatic nitrogens is 4. The highest BCUT2D eigenvalue weighted by Crippen LogP contribution is 2.67. The maximum absolute atomic E-state index is 12.9. The molecular weight excluding hydrogens is 318 g/mol. The summed E-state index contributed by atoms with van der Waals surface area (Å²) < 4.78 is 1.83. The third-order valence-electron chi connectivity index (χ3n) is 6.60. The largest absolute Gasteiger partial charge is 0.396 e. The lowest BCUT2D eigenvalue weighted by atomic mass is 9.39. The Morgan fingerprint density at radius 1 is 1.36 bits per heavy atom. The number of hydrogen-bond donors (Lipinski definition) is 2.